The summed E-state index contributed by atoms with van der Waals surface area (Å²) < 4.78 is 0. The summed E-state index contributed by atoms with van der Waals surface area (Å²) in [7, 11) is 0. The lowest BCUT2D eigenvalue weighted by molar-refractivity contribution is 0.886. The molecule has 0 atom stereocenters. The van der Waals surface area contributed by atoms with Gasteiger partial charge in [-0.2, -0.15) is 0 Å². The van der Waals surface area contributed by atoms with Crippen LogP contribution in [0.1, 0.15) is 40.5 Å². The Hall–Kier alpha value is -0.700. The highest BCUT2D eigenvalue weighted by Gasteiger charge is 1.56. The van der Waals surface area contributed by atoms with E-state index in [-0.39, 0.29) is 0 Å². The van der Waals surface area contributed by atoms with Gasteiger partial charge in [0.25, 0.3) is 0 Å². The fraction of sp³-hybridized carbons (Fsp3) is 0.600. The maximum Gasteiger partial charge on any atom is -0.0564 e. The third-order valence-corrected chi connectivity index (χ3v) is 0.500. The zero-order valence-corrected chi connectivity index (χ0v) is 7.98. The van der Waals surface area contributed by atoms with E-state index in [2.05, 4.69) is 39.9 Å². The summed E-state index contributed by atoms with van der Waals surface area (Å²) in [5, 5.41) is 0. The van der Waals surface area contributed by atoms with Crippen LogP contribution in [0.4, 0.5) is 0 Å². The largest absolute Gasteiger partial charge is 0.124 e. The Labute approximate surface area is 67.4 Å². The molecule has 0 aliphatic heterocycles. The van der Waals surface area contributed by atoms with Crippen molar-refractivity contribution in [2.24, 2.45) is 0 Å². The van der Waals surface area contributed by atoms with E-state index in [0.29, 0.717) is 0 Å². The molecular weight excluding hydrogens is 120 g/mol. The molecule has 0 aliphatic carbocycles. The number of hydrogen-bond acceptors (Lipinski definition) is 0. The number of rotatable bonds is 1. The Morgan fingerprint density at radius 3 is 1.00 bits per heavy atom. The quantitative estimate of drug-likeness (QED) is 0.385. The van der Waals surface area contributed by atoms with Crippen molar-refractivity contribution in [1.29, 1.82) is 0 Å². The molecule has 0 aliphatic rings. The summed E-state index contributed by atoms with van der Waals surface area (Å²) in [5.41, 5.74) is 0. The Bertz CT molecular complexity index is 24.3. The van der Waals surface area contributed by atoms with Crippen molar-refractivity contribution >= 4 is 0 Å². The zero-order valence-electron chi connectivity index (χ0n) is 7.98. The molecule has 0 heteroatoms. The van der Waals surface area contributed by atoms with Gasteiger partial charge in [0.1, 0.15) is 0 Å². The average Bonchev–Trinajstić information content (AvgIpc) is 2.14. The molecule has 0 aromatic rings. The van der Waals surface area contributed by atoms with Gasteiger partial charge >= 0.3 is 0 Å². The predicted octanol–water partition coefficient (Wildman–Crippen LogP) is 3.88. The fourth-order valence-electron chi connectivity index (χ4n) is 0. The third-order valence-electron chi connectivity index (χ3n) is 0.500. The molecule has 0 rings (SSSR count). The van der Waals surface area contributed by atoms with E-state index in [1.54, 1.807) is 0 Å². The zero-order chi connectivity index (χ0) is 9.41. The van der Waals surface area contributed by atoms with Crippen LogP contribution < -0.4 is 0 Å². The van der Waals surface area contributed by atoms with Crippen molar-refractivity contribution in [2.75, 3.05) is 0 Å². The van der Waals surface area contributed by atoms with Gasteiger partial charge in [-0.05, 0) is 0 Å². The van der Waals surface area contributed by atoms with Gasteiger partial charge in [-0.15, -0.1) is 26.0 Å². The van der Waals surface area contributed by atoms with Crippen LogP contribution in [0.5, 0.6) is 0 Å². The van der Waals surface area contributed by atoms with Gasteiger partial charge in [-0.1, -0.05) is 40.5 Å². The van der Waals surface area contributed by atoms with Crippen molar-refractivity contribution in [3.05, 3.63) is 13.2 Å². The molecule has 0 N–H and O–H groups in total. The van der Waals surface area contributed by atoms with E-state index < -0.39 is 0 Å². The second kappa shape index (κ2) is 262. The first kappa shape index (κ1) is 22.8. The average molecular weight is 142 g/mol. The van der Waals surface area contributed by atoms with Crippen molar-refractivity contribution in [2.45, 2.75) is 40.5 Å². The highest BCUT2D eigenvalue weighted by molar-refractivity contribution is 4.47. The Morgan fingerprint density at radius 2 is 1.00 bits per heavy atom. The molecule has 0 unspecified atom stereocenters. The van der Waals surface area contributed by atoms with Crippen LogP contribution in [-0.2, 0) is 0 Å². The molecule has 0 heterocycles. The number of unbranched alkanes of at least 4 members (excludes halogenated alkanes) is 1. The van der Waals surface area contributed by atoms with Crippen LogP contribution in [-0.4, -0.2) is 0 Å². The van der Waals surface area contributed by atoms with Crippen LogP contribution in [0, 0.1) is 12.8 Å². The van der Waals surface area contributed by atoms with E-state index in [1.807, 2.05) is 13.8 Å². The van der Waals surface area contributed by atoms with E-state index in [1.165, 1.54) is 12.8 Å². The van der Waals surface area contributed by atoms with Gasteiger partial charge in [0.15, 0.2) is 0 Å². The maximum absolute atomic E-state index is 4.00. The summed E-state index contributed by atoms with van der Waals surface area (Å²) in [6.45, 7) is 14.4. The summed E-state index contributed by atoms with van der Waals surface area (Å²) in [4.78, 5) is 0. The molecule has 10 heavy (non-hydrogen) atoms. The summed E-state index contributed by atoms with van der Waals surface area (Å²) in [6, 6.07) is 0. The van der Waals surface area contributed by atoms with Crippen LogP contribution in [0.15, 0.2) is 13.2 Å². The van der Waals surface area contributed by atoms with Crippen LogP contribution in [0.25, 0.3) is 0 Å². The van der Waals surface area contributed by atoms with Gasteiger partial charge in [0.05, 0.1) is 0 Å². The van der Waals surface area contributed by atoms with Crippen molar-refractivity contribution < 1.29 is 0 Å². The minimum Gasteiger partial charge on any atom is -0.124 e. The lowest BCUT2D eigenvalue weighted by Gasteiger charge is -1.68. The predicted molar refractivity (Wildman–Crippen MR) is 53.1 cm³/mol. The molecule has 0 aromatic heterocycles. The molecule has 0 bridgehead atoms. The minimum atomic E-state index is 1.32. The van der Waals surface area contributed by atoms with Gasteiger partial charge in [0.2, 0.25) is 0 Å². The fourth-order valence-corrected chi connectivity index (χ4v) is 0. The lowest BCUT2D eigenvalue weighted by Crippen LogP contribution is -1.47. The van der Waals surface area contributed by atoms with Gasteiger partial charge in [0, 0.05) is 0 Å². The van der Waals surface area contributed by atoms with Crippen LogP contribution >= 0.6 is 0 Å². The smallest absolute Gasteiger partial charge is 0.0564 e. The molecular formula is C10H22. The molecule has 0 spiro atoms. The SMILES string of the molecule is C#C.C=C.CC.CCCC. The van der Waals surface area contributed by atoms with Crippen molar-refractivity contribution in [1.82, 2.24) is 0 Å². The summed E-state index contributed by atoms with van der Waals surface area (Å²) >= 11 is 0. The molecule has 62 valence electrons. The Balaban J connectivity index is -0.0000000262. The normalized spacial score (nSPS) is 4.20. The molecule has 0 saturated carbocycles. The summed E-state index contributed by atoms with van der Waals surface area (Å²) in [5.74, 6) is 0. The summed E-state index contributed by atoms with van der Waals surface area (Å²) in [6.07, 6.45) is 10.6. The Kier molecular flexibility index (Phi) is 597. The van der Waals surface area contributed by atoms with E-state index in [9.17, 15) is 0 Å². The second-order valence-electron chi connectivity index (χ2n) is 1.000. The van der Waals surface area contributed by atoms with E-state index >= 15 is 0 Å². The molecule has 0 saturated heterocycles. The van der Waals surface area contributed by atoms with Gasteiger partial charge < -0.3 is 0 Å². The highest BCUT2D eigenvalue weighted by atomic mass is 13.6. The standard InChI is InChI=1S/C4H10.C2H6.C2H4.C2H2/c1-3-4-2;3*1-2/h3-4H2,1-2H3;1-2H3;1-2H2;1-2H. The molecule has 0 radical (unpaired) electrons. The van der Waals surface area contributed by atoms with E-state index in [4.69, 9.17) is 0 Å². The maximum atomic E-state index is 4.00. The highest BCUT2D eigenvalue weighted by Crippen LogP contribution is 1.76. The Morgan fingerprint density at radius 1 is 0.900 bits per heavy atom. The van der Waals surface area contributed by atoms with Crippen LogP contribution in [0.2, 0.25) is 0 Å². The second-order valence-corrected chi connectivity index (χ2v) is 1.000. The topological polar surface area (TPSA) is 0 Å². The molecule has 0 amide bonds. The minimum absolute atomic E-state index is 1.32. The first-order valence-electron chi connectivity index (χ1n) is 3.75. The molecule has 0 fully saturated rings. The van der Waals surface area contributed by atoms with Crippen LogP contribution in [0.3, 0.4) is 0 Å². The first-order chi connectivity index (χ1) is 4.91. The number of hydrogen-bond donors (Lipinski definition) is 0. The monoisotopic (exact) mass is 142 g/mol. The molecule has 0 nitrogen and oxygen atoms in total. The van der Waals surface area contributed by atoms with Crippen molar-refractivity contribution in [3.8, 4) is 12.8 Å². The number of terminal acetylenes is 1. The molecule has 0 aromatic carbocycles. The van der Waals surface area contributed by atoms with Gasteiger partial charge in [-0.3, -0.25) is 0 Å². The first-order valence-corrected chi connectivity index (χ1v) is 3.75. The van der Waals surface area contributed by atoms with Gasteiger partial charge in [-0.25, -0.2) is 0 Å². The lowest BCUT2D eigenvalue weighted by atomic mass is 10.4. The third kappa shape index (κ3) is 3220. The van der Waals surface area contributed by atoms with E-state index in [0.717, 1.165) is 0 Å². The van der Waals surface area contributed by atoms with Crippen molar-refractivity contribution in [3.63, 3.8) is 0 Å².